The average molecular weight is 474 g/mol. The third kappa shape index (κ3) is 3.34. The van der Waals surface area contributed by atoms with Gasteiger partial charge in [0, 0.05) is 29.1 Å². The highest BCUT2D eigenvalue weighted by atomic mass is 35.5. The van der Waals surface area contributed by atoms with Crippen LogP contribution in [0.3, 0.4) is 0 Å². The van der Waals surface area contributed by atoms with Gasteiger partial charge in [0.2, 0.25) is 16.0 Å². The molecule has 1 saturated heterocycles. The quantitative estimate of drug-likeness (QED) is 0.472. The van der Waals surface area contributed by atoms with E-state index in [9.17, 15) is 8.42 Å². The van der Waals surface area contributed by atoms with Crippen LogP contribution in [0.25, 0.3) is 27.0 Å². The molecule has 12 heteroatoms. The first kappa shape index (κ1) is 19.9. The monoisotopic (exact) mass is 473 g/mol. The summed E-state index contributed by atoms with van der Waals surface area (Å²) in [5.41, 5.74) is 2.47. The van der Waals surface area contributed by atoms with Crippen LogP contribution in [0.4, 0.5) is 0 Å². The van der Waals surface area contributed by atoms with Crippen molar-refractivity contribution in [1.82, 2.24) is 29.6 Å². The molecule has 0 radical (unpaired) electrons. The van der Waals surface area contributed by atoms with E-state index in [0.29, 0.717) is 9.90 Å². The smallest absolute Gasteiger partial charge is 0.239 e. The van der Waals surface area contributed by atoms with Crippen LogP contribution in [0.15, 0.2) is 48.9 Å². The second-order valence-corrected chi connectivity index (χ2v) is 10.4. The minimum Gasteiger partial charge on any atom is -0.347 e. The highest BCUT2D eigenvalue weighted by molar-refractivity contribution is 7.89. The summed E-state index contributed by atoms with van der Waals surface area (Å²) in [6, 6.07) is 8.89. The molecule has 2 N–H and O–H groups in total. The molecule has 1 aliphatic rings. The molecule has 1 unspecified atom stereocenters. The van der Waals surface area contributed by atoms with Gasteiger partial charge >= 0.3 is 0 Å². The van der Waals surface area contributed by atoms with E-state index in [4.69, 9.17) is 17.0 Å². The number of rotatable bonds is 3. The van der Waals surface area contributed by atoms with Crippen LogP contribution in [0.5, 0.6) is 0 Å². The molecule has 4 aromatic rings. The van der Waals surface area contributed by atoms with Crippen molar-refractivity contribution in [3.05, 3.63) is 58.8 Å². The molecule has 9 nitrogen and oxygen atoms in total. The van der Waals surface area contributed by atoms with E-state index in [0.717, 1.165) is 31.3 Å². The topological polar surface area (TPSA) is 117 Å². The average Bonchev–Trinajstić information content (AvgIpc) is 3.40. The van der Waals surface area contributed by atoms with Gasteiger partial charge in [-0.3, -0.25) is 10.4 Å². The molecule has 4 heterocycles. The van der Waals surface area contributed by atoms with Crippen molar-refractivity contribution in [2.45, 2.75) is 6.04 Å². The third-order valence-electron chi connectivity index (χ3n) is 5.10. The molecule has 1 aromatic carbocycles. The second-order valence-electron chi connectivity index (χ2n) is 6.97. The van der Waals surface area contributed by atoms with Crippen LogP contribution in [-0.2, 0) is 10.0 Å². The van der Waals surface area contributed by atoms with Crippen LogP contribution in [0.2, 0.25) is 5.02 Å². The van der Waals surface area contributed by atoms with Gasteiger partial charge in [0.1, 0.15) is 0 Å². The summed E-state index contributed by atoms with van der Waals surface area (Å²) in [6.45, 7) is 0. The van der Waals surface area contributed by atoms with Crippen molar-refractivity contribution in [3.63, 3.8) is 0 Å². The number of halogens is 1. The summed E-state index contributed by atoms with van der Waals surface area (Å²) in [4.78, 5) is 6.75. The number of hydrogen-bond acceptors (Lipinski definition) is 7. The lowest BCUT2D eigenvalue weighted by molar-refractivity contribution is 0.508. The number of benzene rings is 1. The zero-order valence-corrected chi connectivity index (χ0v) is 18.5. The third-order valence-corrected chi connectivity index (χ3v) is 8.71. The molecular formula is C19H16ClN7O2S2. The number of nitrogens with one attached hydrogen (secondary N) is 2. The summed E-state index contributed by atoms with van der Waals surface area (Å²) >= 11 is 8.06. The first-order valence-electron chi connectivity index (χ1n) is 9.21. The highest BCUT2D eigenvalue weighted by Crippen LogP contribution is 2.43. The van der Waals surface area contributed by atoms with Crippen molar-refractivity contribution in [1.29, 1.82) is 5.41 Å². The Balaban J connectivity index is 1.57. The van der Waals surface area contributed by atoms with E-state index in [1.54, 1.807) is 18.6 Å². The zero-order chi connectivity index (χ0) is 21.8. The largest absolute Gasteiger partial charge is 0.347 e. The fourth-order valence-electron chi connectivity index (χ4n) is 3.44. The van der Waals surface area contributed by atoms with E-state index < -0.39 is 16.1 Å². The number of fused-ring (bicyclic) bond motifs is 1. The number of thiophene rings is 1. The Morgan fingerprint density at radius 1 is 1.16 bits per heavy atom. The summed E-state index contributed by atoms with van der Waals surface area (Å²) in [5.74, 6) is -0.349. The summed E-state index contributed by atoms with van der Waals surface area (Å²) in [6.07, 6.45) is 4.91. The van der Waals surface area contributed by atoms with Crippen LogP contribution in [0.1, 0.15) is 10.9 Å². The maximum absolute atomic E-state index is 12.4. The molecule has 1 atom stereocenters. The lowest BCUT2D eigenvalue weighted by Gasteiger charge is -2.31. The normalized spacial score (nSPS) is 18.3. The number of pyridine rings is 1. The number of hydrogen-bond donors (Lipinski definition) is 2. The van der Waals surface area contributed by atoms with Gasteiger partial charge in [0.15, 0.2) is 0 Å². The van der Waals surface area contributed by atoms with Crippen LogP contribution >= 0.6 is 22.9 Å². The maximum Gasteiger partial charge on any atom is 0.239 e. The second kappa shape index (κ2) is 7.29. The standard InChI is InChI=1S/C19H16ClN7O2S2/c1-26-19(21)25-14(10-31(26,28)29)18-15(20)13-6-7-22-16(17(13)30-18)11-2-4-12(5-3-11)27-23-8-9-24-27/h2-9,14H,10H2,1H3,(H2,21,25). The fraction of sp³-hybridized carbons (Fsp3) is 0.158. The first-order chi connectivity index (χ1) is 14.8. The van der Waals surface area contributed by atoms with Crippen LogP contribution in [-0.4, -0.2) is 51.5 Å². The fourth-order valence-corrected chi connectivity index (χ4v) is 6.49. The molecular weight excluding hydrogens is 458 g/mol. The predicted octanol–water partition coefficient (Wildman–Crippen LogP) is 3.04. The zero-order valence-electron chi connectivity index (χ0n) is 16.2. The van der Waals surface area contributed by atoms with Gasteiger partial charge in [-0.25, -0.2) is 12.7 Å². The molecule has 1 aliphatic heterocycles. The first-order valence-corrected chi connectivity index (χ1v) is 12.0. The van der Waals surface area contributed by atoms with Gasteiger partial charge in [0.05, 0.1) is 45.3 Å². The van der Waals surface area contributed by atoms with Crippen molar-refractivity contribution in [2.75, 3.05) is 12.8 Å². The van der Waals surface area contributed by atoms with E-state index in [-0.39, 0.29) is 11.7 Å². The molecule has 0 saturated carbocycles. The molecule has 31 heavy (non-hydrogen) atoms. The Bertz CT molecular complexity index is 1400. The van der Waals surface area contributed by atoms with Gasteiger partial charge < -0.3 is 5.32 Å². The molecule has 0 amide bonds. The molecule has 3 aromatic heterocycles. The molecule has 1 fully saturated rings. The maximum atomic E-state index is 12.4. The molecule has 0 bridgehead atoms. The van der Waals surface area contributed by atoms with E-state index in [1.165, 1.54) is 23.2 Å². The van der Waals surface area contributed by atoms with Gasteiger partial charge in [-0.05, 0) is 18.2 Å². The lowest BCUT2D eigenvalue weighted by Crippen LogP contribution is -2.51. The Morgan fingerprint density at radius 2 is 1.87 bits per heavy atom. The molecule has 158 valence electrons. The van der Waals surface area contributed by atoms with Gasteiger partial charge in [-0.15, -0.1) is 11.3 Å². The molecule has 0 aliphatic carbocycles. The Labute approximate surface area is 186 Å². The van der Waals surface area contributed by atoms with Crippen molar-refractivity contribution >= 4 is 49.0 Å². The van der Waals surface area contributed by atoms with Gasteiger partial charge in [-0.2, -0.15) is 15.0 Å². The Kier molecular flexibility index (Phi) is 4.68. The van der Waals surface area contributed by atoms with Gasteiger partial charge in [-0.1, -0.05) is 23.7 Å². The lowest BCUT2D eigenvalue weighted by atomic mass is 10.1. The summed E-state index contributed by atoms with van der Waals surface area (Å²) in [5, 5.41) is 20.4. The number of guanidine groups is 1. The molecule has 5 rings (SSSR count). The SMILES string of the molecule is CN1C(=N)NC(c2sc3c(-c4ccc(-n5nccn5)cc4)nccc3c2Cl)CS1(=O)=O. The predicted molar refractivity (Wildman–Crippen MR) is 120 cm³/mol. The highest BCUT2D eigenvalue weighted by Gasteiger charge is 2.35. The summed E-state index contributed by atoms with van der Waals surface area (Å²) < 4.78 is 26.6. The molecule has 0 spiro atoms. The van der Waals surface area contributed by atoms with Crippen molar-refractivity contribution < 1.29 is 8.42 Å². The minimum atomic E-state index is -3.59. The van der Waals surface area contributed by atoms with E-state index in [2.05, 4.69) is 20.5 Å². The number of sulfonamides is 1. The number of nitrogens with zero attached hydrogens (tertiary/aromatic N) is 5. The Hall–Kier alpha value is -3.02. The van der Waals surface area contributed by atoms with E-state index >= 15 is 0 Å². The Morgan fingerprint density at radius 3 is 2.55 bits per heavy atom. The van der Waals surface area contributed by atoms with Crippen molar-refractivity contribution in [3.8, 4) is 16.9 Å². The summed E-state index contributed by atoms with van der Waals surface area (Å²) in [7, 11) is -2.23. The van der Waals surface area contributed by atoms with Crippen LogP contribution < -0.4 is 5.32 Å². The minimum absolute atomic E-state index is 0.174. The van der Waals surface area contributed by atoms with Gasteiger partial charge in [0.25, 0.3) is 0 Å². The van der Waals surface area contributed by atoms with E-state index in [1.807, 2.05) is 30.3 Å². The van der Waals surface area contributed by atoms with Crippen molar-refractivity contribution in [2.24, 2.45) is 0 Å². The van der Waals surface area contributed by atoms with Crippen LogP contribution in [0, 0.1) is 5.41 Å². The number of aromatic nitrogens is 4.